The molecule has 144 valence electrons. The molecule has 28 heavy (non-hydrogen) atoms. The van der Waals surface area contributed by atoms with Crippen molar-refractivity contribution >= 4 is 29.0 Å². The normalized spacial score (nSPS) is 14.1. The standard InChI is InChI=1S/C21H23N5OS/c27-20(15-28-21-24-22-16-26(21)19-7-3-1-4-8-19)23-17-9-11-18(12-10-17)25-13-5-2-6-14-25/h1,3-4,7-12,16H,2,5-6,13-15H2,(H,23,27). The van der Waals surface area contributed by atoms with E-state index >= 15 is 0 Å². The lowest BCUT2D eigenvalue weighted by Gasteiger charge is -2.28. The maximum atomic E-state index is 12.3. The first-order valence-electron chi connectivity index (χ1n) is 9.53. The van der Waals surface area contributed by atoms with Gasteiger partial charge in [0.2, 0.25) is 5.91 Å². The molecular formula is C21H23N5OS. The molecule has 3 aromatic rings. The zero-order valence-corrected chi connectivity index (χ0v) is 16.4. The molecule has 2 heterocycles. The number of hydrogen-bond acceptors (Lipinski definition) is 5. The fourth-order valence-corrected chi connectivity index (χ4v) is 4.05. The van der Waals surface area contributed by atoms with Crippen LogP contribution in [-0.2, 0) is 4.79 Å². The van der Waals surface area contributed by atoms with Gasteiger partial charge in [0, 0.05) is 30.2 Å². The topological polar surface area (TPSA) is 63.1 Å². The minimum atomic E-state index is -0.0571. The van der Waals surface area contributed by atoms with Gasteiger partial charge in [-0.05, 0) is 55.7 Å². The van der Waals surface area contributed by atoms with Gasteiger partial charge in [0.1, 0.15) is 6.33 Å². The molecule has 0 saturated carbocycles. The molecule has 0 bridgehead atoms. The van der Waals surface area contributed by atoms with E-state index in [0.717, 1.165) is 24.5 Å². The highest BCUT2D eigenvalue weighted by Gasteiger charge is 2.12. The number of hydrogen-bond donors (Lipinski definition) is 1. The third-order valence-electron chi connectivity index (χ3n) is 4.76. The van der Waals surface area contributed by atoms with Gasteiger partial charge < -0.3 is 10.2 Å². The second-order valence-corrected chi connectivity index (χ2v) is 7.69. The molecule has 1 aliphatic rings. The van der Waals surface area contributed by atoms with E-state index in [0.29, 0.717) is 5.16 Å². The molecule has 0 aliphatic carbocycles. The number of rotatable bonds is 6. The van der Waals surface area contributed by atoms with Gasteiger partial charge in [0.25, 0.3) is 0 Å². The number of amides is 1. The summed E-state index contributed by atoms with van der Waals surface area (Å²) in [5.41, 5.74) is 3.02. The minimum absolute atomic E-state index is 0.0571. The second kappa shape index (κ2) is 8.93. The predicted octanol–water partition coefficient (Wildman–Crippen LogP) is 3.99. The van der Waals surface area contributed by atoms with Crippen molar-refractivity contribution in [3.63, 3.8) is 0 Å². The van der Waals surface area contributed by atoms with E-state index < -0.39 is 0 Å². The van der Waals surface area contributed by atoms with Crippen LogP contribution in [0.5, 0.6) is 0 Å². The molecule has 0 spiro atoms. The summed E-state index contributed by atoms with van der Waals surface area (Å²) in [5.74, 6) is 0.220. The number of aromatic nitrogens is 3. The molecule has 0 radical (unpaired) electrons. The van der Waals surface area contributed by atoms with E-state index in [1.54, 1.807) is 6.33 Å². The average Bonchev–Trinajstić information content (AvgIpc) is 3.23. The molecule has 1 aromatic heterocycles. The third-order valence-corrected chi connectivity index (χ3v) is 5.70. The maximum Gasteiger partial charge on any atom is 0.234 e. The summed E-state index contributed by atoms with van der Waals surface area (Å²) >= 11 is 1.37. The van der Waals surface area contributed by atoms with Crippen LogP contribution >= 0.6 is 11.8 Å². The molecule has 2 aromatic carbocycles. The van der Waals surface area contributed by atoms with Crippen LogP contribution in [0.3, 0.4) is 0 Å². The smallest absolute Gasteiger partial charge is 0.234 e. The van der Waals surface area contributed by atoms with E-state index in [2.05, 4.69) is 32.5 Å². The largest absolute Gasteiger partial charge is 0.372 e. The van der Waals surface area contributed by atoms with E-state index in [4.69, 9.17) is 0 Å². The van der Waals surface area contributed by atoms with E-state index in [1.807, 2.05) is 47.0 Å². The molecule has 0 unspecified atom stereocenters. The number of benzene rings is 2. The highest BCUT2D eigenvalue weighted by molar-refractivity contribution is 7.99. The van der Waals surface area contributed by atoms with Crippen LogP contribution in [0.4, 0.5) is 11.4 Å². The van der Waals surface area contributed by atoms with Gasteiger partial charge in [0.05, 0.1) is 5.75 Å². The molecule has 0 atom stereocenters. The van der Waals surface area contributed by atoms with Gasteiger partial charge in [-0.3, -0.25) is 9.36 Å². The summed E-state index contributed by atoms with van der Waals surface area (Å²) in [7, 11) is 0. The van der Waals surface area contributed by atoms with Gasteiger partial charge in [-0.15, -0.1) is 10.2 Å². The number of piperidine rings is 1. The van der Waals surface area contributed by atoms with Crippen molar-refractivity contribution in [1.82, 2.24) is 14.8 Å². The molecule has 6 nitrogen and oxygen atoms in total. The molecule has 1 amide bonds. The Morgan fingerprint density at radius 1 is 0.964 bits per heavy atom. The highest BCUT2D eigenvalue weighted by atomic mass is 32.2. The number of anilines is 2. The average molecular weight is 394 g/mol. The monoisotopic (exact) mass is 393 g/mol. The summed E-state index contributed by atoms with van der Waals surface area (Å²) in [6.45, 7) is 2.23. The maximum absolute atomic E-state index is 12.3. The minimum Gasteiger partial charge on any atom is -0.372 e. The first kappa shape index (κ1) is 18.6. The van der Waals surface area contributed by atoms with Gasteiger partial charge >= 0.3 is 0 Å². The van der Waals surface area contributed by atoms with Crippen LogP contribution in [0.2, 0.25) is 0 Å². The second-order valence-electron chi connectivity index (χ2n) is 6.75. The number of para-hydroxylation sites is 1. The Labute approximate surface area is 169 Å². The zero-order chi connectivity index (χ0) is 19.2. The fraction of sp³-hybridized carbons (Fsp3) is 0.286. The SMILES string of the molecule is O=C(CSc1nncn1-c1ccccc1)Nc1ccc(N2CCCCC2)cc1. The van der Waals surface area contributed by atoms with Crippen molar-refractivity contribution in [3.8, 4) is 5.69 Å². The summed E-state index contributed by atoms with van der Waals surface area (Å²) in [6.07, 6.45) is 5.49. The van der Waals surface area contributed by atoms with Crippen LogP contribution in [-0.4, -0.2) is 39.5 Å². The predicted molar refractivity (Wildman–Crippen MR) is 113 cm³/mol. The molecule has 4 rings (SSSR count). The summed E-state index contributed by atoms with van der Waals surface area (Å²) in [5, 5.41) is 11.7. The van der Waals surface area contributed by atoms with Crippen molar-refractivity contribution < 1.29 is 4.79 Å². The van der Waals surface area contributed by atoms with Crippen LogP contribution in [0, 0.1) is 0 Å². The number of nitrogens with zero attached hydrogens (tertiary/aromatic N) is 4. The van der Waals surface area contributed by atoms with Crippen molar-refractivity contribution in [1.29, 1.82) is 0 Å². The lowest BCUT2D eigenvalue weighted by atomic mass is 10.1. The third kappa shape index (κ3) is 4.54. The summed E-state index contributed by atoms with van der Waals surface area (Å²) in [6, 6.07) is 18.0. The highest BCUT2D eigenvalue weighted by Crippen LogP contribution is 2.23. The van der Waals surface area contributed by atoms with Crippen molar-refractivity contribution in [3.05, 3.63) is 60.9 Å². The molecule has 1 saturated heterocycles. The number of nitrogens with one attached hydrogen (secondary N) is 1. The van der Waals surface area contributed by atoms with E-state index in [1.165, 1.54) is 36.7 Å². The summed E-state index contributed by atoms with van der Waals surface area (Å²) in [4.78, 5) is 14.7. The Hall–Kier alpha value is -2.80. The fourth-order valence-electron chi connectivity index (χ4n) is 3.32. The Morgan fingerprint density at radius 2 is 1.71 bits per heavy atom. The van der Waals surface area contributed by atoms with Gasteiger partial charge in [0.15, 0.2) is 5.16 Å². The van der Waals surface area contributed by atoms with E-state index in [-0.39, 0.29) is 11.7 Å². The quantitative estimate of drug-likeness (QED) is 0.642. The van der Waals surface area contributed by atoms with Crippen LogP contribution in [0.15, 0.2) is 66.1 Å². The van der Waals surface area contributed by atoms with Crippen LogP contribution < -0.4 is 10.2 Å². The molecule has 1 fully saturated rings. The lowest BCUT2D eigenvalue weighted by molar-refractivity contribution is -0.113. The lowest BCUT2D eigenvalue weighted by Crippen LogP contribution is -2.29. The van der Waals surface area contributed by atoms with Gasteiger partial charge in [-0.2, -0.15) is 0 Å². The Balaban J connectivity index is 1.32. The Bertz CT molecular complexity index is 904. The zero-order valence-electron chi connectivity index (χ0n) is 15.6. The van der Waals surface area contributed by atoms with Gasteiger partial charge in [-0.25, -0.2) is 0 Å². The number of thioether (sulfide) groups is 1. The Kier molecular flexibility index (Phi) is 5.92. The summed E-state index contributed by atoms with van der Waals surface area (Å²) < 4.78 is 1.88. The van der Waals surface area contributed by atoms with Crippen LogP contribution in [0.25, 0.3) is 5.69 Å². The van der Waals surface area contributed by atoms with Gasteiger partial charge in [-0.1, -0.05) is 30.0 Å². The van der Waals surface area contributed by atoms with Crippen molar-refractivity contribution in [2.75, 3.05) is 29.1 Å². The first-order chi connectivity index (χ1) is 13.8. The van der Waals surface area contributed by atoms with Crippen LogP contribution in [0.1, 0.15) is 19.3 Å². The molecular weight excluding hydrogens is 370 g/mol. The van der Waals surface area contributed by atoms with Crippen molar-refractivity contribution in [2.45, 2.75) is 24.4 Å². The first-order valence-corrected chi connectivity index (χ1v) is 10.5. The molecule has 1 aliphatic heterocycles. The number of carbonyl (C=O) groups is 1. The Morgan fingerprint density at radius 3 is 2.46 bits per heavy atom. The molecule has 1 N–H and O–H groups in total. The molecule has 7 heteroatoms. The van der Waals surface area contributed by atoms with E-state index in [9.17, 15) is 4.79 Å². The van der Waals surface area contributed by atoms with Crippen molar-refractivity contribution in [2.24, 2.45) is 0 Å². The number of carbonyl (C=O) groups excluding carboxylic acids is 1.